The van der Waals surface area contributed by atoms with Crippen LogP contribution >= 0.6 is 15.9 Å². The van der Waals surface area contributed by atoms with Crippen molar-refractivity contribution in [2.75, 3.05) is 0 Å². The lowest BCUT2D eigenvalue weighted by molar-refractivity contribution is 0.448. The maximum atomic E-state index is 7.00. The van der Waals surface area contributed by atoms with Gasteiger partial charge >= 0.3 is 7.69 Å². The van der Waals surface area contributed by atoms with E-state index < -0.39 is 0 Å². The molecule has 1 aromatic carbocycles. The van der Waals surface area contributed by atoms with Crippen molar-refractivity contribution in [3.8, 4) is 0 Å². The predicted octanol–water partition coefficient (Wildman–Crippen LogP) is 1.26. The minimum Gasteiger partial charge on any atom is -0.429 e. The quantitative estimate of drug-likeness (QED) is 0.640. The van der Waals surface area contributed by atoms with Gasteiger partial charge in [-0.15, -0.1) is 0 Å². The van der Waals surface area contributed by atoms with Crippen LogP contribution in [-0.4, -0.2) is 17.7 Å². The van der Waals surface area contributed by atoms with Crippen molar-refractivity contribution in [3.63, 3.8) is 0 Å². The molecule has 0 fully saturated rings. The summed E-state index contributed by atoms with van der Waals surface area (Å²) in [5.74, 6) is 0. The van der Waals surface area contributed by atoms with E-state index in [9.17, 15) is 0 Å². The Morgan fingerprint density at radius 3 is 2.00 bits per heavy atom. The van der Waals surface area contributed by atoms with Gasteiger partial charge in [0.2, 0.25) is 0 Å². The second-order valence-corrected chi connectivity index (χ2v) is 2.72. The first kappa shape index (κ1) is 10.7. The topological polar surface area (TPSA) is 40.5 Å². The van der Waals surface area contributed by atoms with Crippen molar-refractivity contribution in [2.45, 2.75) is 6.92 Å². The van der Waals surface area contributed by atoms with Crippen molar-refractivity contribution in [1.82, 2.24) is 0 Å². The molecule has 0 saturated heterocycles. The molecule has 4 heteroatoms. The van der Waals surface area contributed by atoms with Gasteiger partial charge in [-0.05, 0) is 18.6 Å². The zero-order valence-corrected chi connectivity index (χ0v) is 7.75. The highest BCUT2D eigenvalue weighted by Crippen LogP contribution is 2.13. The van der Waals surface area contributed by atoms with Crippen LogP contribution in [0, 0.1) is 6.92 Å². The highest BCUT2D eigenvalue weighted by atomic mass is 79.9. The molecular formula is C7H9BBrO2. The number of benzene rings is 1. The molecule has 0 saturated carbocycles. The maximum Gasteiger partial charge on any atom is 0.482 e. The highest BCUT2D eigenvalue weighted by molar-refractivity contribution is 9.10. The van der Waals surface area contributed by atoms with Gasteiger partial charge in [0.25, 0.3) is 0 Å². The van der Waals surface area contributed by atoms with E-state index in [0.29, 0.717) is 0 Å². The first-order chi connectivity index (χ1) is 5.22. The summed E-state index contributed by atoms with van der Waals surface area (Å²) in [5, 5.41) is 14.0. The maximum absolute atomic E-state index is 7.00. The Balaban J connectivity index is 0.000000292. The Morgan fingerprint density at radius 1 is 1.27 bits per heavy atom. The third-order valence-electron chi connectivity index (χ3n) is 1.08. The minimum atomic E-state index is 0. The molecule has 0 aromatic heterocycles. The minimum absolute atomic E-state index is 0. The van der Waals surface area contributed by atoms with Crippen LogP contribution in [0.15, 0.2) is 28.7 Å². The molecule has 1 rings (SSSR count). The number of halogens is 1. The number of aryl methyl sites for hydroxylation is 1. The molecule has 1 aromatic rings. The van der Waals surface area contributed by atoms with Crippen molar-refractivity contribution < 1.29 is 10.0 Å². The summed E-state index contributed by atoms with van der Waals surface area (Å²) in [4.78, 5) is 0. The summed E-state index contributed by atoms with van der Waals surface area (Å²) in [6.45, 7) is 2.07. The van der Waals surface area contributed by atoms with E-state index in [4.69, 9.17) is 10.0 Å². The molecule has 1 radical (unpaired) electrons. The molecular weight excluding hydrogens is 207 g/mol. The summed E-state index contributed by atoms with van der Waals surface area (Å²) in [6.07, 6.45) is 0. The molecule has 0 amide bonds. The van der Waals surface area contributed by atoms with E-state index in [0.717, 1.165) is 0 Å². The smallest absolute Gasteiger partial charge is 0.429 e. The second kappa shape index (κ2) is 6.40. The van der Waals surface area contributed by atoms with Crippen LogP contribution in [0.1, 0.15) is 5.56 Å². The summed E-state index contributed by atoms with van der Waals surface area (Å²) in [7, 11) is 0. The molecule has 0 aliphatic rings. The van der Waals surface area contributed by atoms with E-state index in [1.165, 1.54) is 10.0 Å². The summed E-state index contributed by atoms with van der Waals surface area (Å²) >= 11 is 3.40. The molecule has 0 atom stereocenters. The number of rotatable bonds is 0. The fraction of sp³-hybridized carbons (Fsp3) is 0.143. The SMILES string of the molecule is Cc1ccccc1Br.O[B]O. The molecule has 2 N–H and O–H groups in total. The molecule has 0 aliphatic heterocycles. The van der Waals surface area contributed by atoms with Gasteiger partial charge < -0.3 is 10.0 Å². The van der Waals surface area contributed by atoms with E-state index >= 15 is 0 Å². The van der Waals surface area contributed by atoms with E-state index in [1.807, 2.05) is 18.2 Å². The van der Waals surface area contributed by atoms with Gasteiger partial charge in [-0.2, -0.15) is 0 Å². The summed E-state index contributed by atoms with van der Waals surface area (Å²) < 4.78 is 1.18. The predicted molar refractivity (Wildman–Crippen MR) is 49.1 cm³/mol. The average molecular weight is 216 g/mol. The Labute approximate surface area is 75.3 Å². The molecule has 2 nitrogen and oxygen atoms in total. The average Bonchev–Trinajstić information content (AvgIpc) is 1.97. The number of hydrogen-bond donors (Lipinski definition) is 2. The van der Waals surface area contributed by atoms with Crippen LogP contribution in [0.2, 0.25) is 0 Å². The molecule has 0 spiro atoms. The third kappa shape index (κ3) is 5.01. The fourth-order valence-electron chi connectivity index (χ4n) is 0.551. The molecule has 0 aliphatic carbocycles. The Morgan fingerprint density at radius 2 is 1.73 bits per heavy atom. The molecule has 0 heterocycles. The summed E-state index contributed by atoms with van der Waals surface area (Å²) in [5.41, 5.74) is 1.28. The van der Waals surface area contributed by atoms with Crippen LogP contribution in [0.3, 0.4) is 0 Å². The van der Waals surface area contributed by atoms with Gasteiger partial charge in [0.1, 0.15) is 0 Å². The van der Waals surface area contributed by atoms with Gasteiger partial charge in [0, 0.05) is 4.47 Å². The zero-order chi connectivity index (χ0) is 8.69. The van der Waals surface area contributed by atoms with Gasteiger partial charge in [-0.1, -0.05) is 34.1 Å². The first-order valence-corrected chi connectivity index (χ1v) is 3.83. The Hall–Kier alpha value is -0.315. The lowest BCUT2D eigenvalue weighted by Crippen LogP contribution is -1.75. The first-order valence-electron chi connectivity index (χ1n) is 3.03. The van der Waals surface area contributed by atoms with Crippen LogP contribution in [-0.2, 0) is 0 Å². The van der Waals surface area contributed by atoms with E-state index in [-0.39, 0.29) is 7.69 Å². The molecule has 0 unspecified atom stereocenters. The van der Waals surface area contributed by atoms with Gasteiger partial charge in [0.15, 0.2) is 0 Å². The highest BCUT2D eigenvalue weighted by Gasteiger charge is 1.86. The van der Waals surface area contributed by atoms with Crippen molar-refractivity contribution in [2.24, 2.45) is 0 Å². The second-order valence-electron chi connectivity index (χ2n) is 1.86. The van der Waals surface area contributed by atoms with Crippen molar-refractivity contribution in [3.05, 3.63) is 34.3 Å². The lowest BCUT2D eigenvalue weighted by Gasteiger charge is -1.91. The molecule has 11 heavy (non-hydrogen) atoms. The monoisotopic (exact) mass is 215 g/mol. The van der Waals surface area contributed by atoms with Gasteiger partial charge in [0.05, 0.1) is 0 Å². The normalized spacial score (nSPS) is 8.00. The van der Waals surface area contributed by atoms with E-state index in [1.54, 1.807) is 0 Å². The zero-order valence-electron chi connectivity index (χ0n) is 6.16. The Kier molecular flexibility index (Phi) is 6.22. The Bertz CT molecular complexity index is 184. The van der Waals surface area contributed by atoms with Crippen molar-refractivity contribution in [1.29, 1.82) is 0 Å². The molecule has 59 valence electrons. The fourth-order valence-corrected chi connectivity index (χ4v) is 0.836. The lowest BCUT2D eigenvalue weighted by atomic mass is 10.2. The standard InChI is InChI=1S/C7H7Br.BH2O2/c1-6-4-2-3-5-7(6)8;2-1-3/h2-5H,1H3;2-3H. The van der Waals surface area contributed by atoms with Gasteiger partial charge in [-0.25, -0.2) is 0 Å². The van der Waals surface area contributed by atoms with Crippen LogP contribution < -0.4 is 0 Å². The van der Waals surface area contributed by atoms with Crippen molar-refractivity contribution >= 4 is 23.6 Å². The largest absolute Gasteiger partial charge is 0.482 e. The summed E-state index contributed by atoms with van der Waals surface area (Å²) in [6, 6.07) is 8.15. The van der Waals surface area contributed by atoms with Crippen LogP contribution in [0.5, 0.6) is 0 Å². The van der Waals surface area contributed by atoms with Crippen LogP contribution in [0.4, 0.5) is 0 Å². The molecule has 0 bridgehead atoms. The van der Waals surface area contributed by atoms with Gasteiger partial charge in [-0.3, -0.25) is 0 Å². The third-order valence-corrected chi connectivity index (χ3v) is 1.97. The van der Waals surface area contributed by atoms with Crippen LogP contribution in [0.25, 0.3) is 0 Å². The van der Waals surface area contributed by atoms with E-state index in [2.05, 4.69) is 28.9 Å². The number of hydrogen-bond acceptors (Lipinski definition) is 2.